The van der Waals surface area contributed by atoms with E-state index in [1.165, 1.54) is 3.57 Å². The van der Waals surface area contributed by atoms with Gasteiger partial charge in [-0.15, -0.1) is 5.10 Å². The molecule has 2 aromatic rings. The Bertz CT molecular complexity index is 507. The summed E-state index contributed by atoms with van der Waals surface area (Å²) in [5.41, 5.74) is 1.74. The van der Waals surface area contributed by atoms with Gasteiger partial charge in [0.25, 0.3) is 0 Å². The van der Waals surface area contributed by atoms with Crippen LogP contribution in [0.5, 0.6) is 0 Å². The summed E-state index contributed by atoms with van der Waals surface area (Å²) < 4.78 is 8.47. The van der Waals surface area contributed by atoms with Gasteiger partial charge >= 0.3 is 0 Å². The SMILES string of the molecule is COC(C)(C)Cn1nnc2ccc(I)cc21. The minimum atomic E-state index is -0.234. The molecule has 1 aromatic heterocycles. The third-order valence-corrected chi connectivity index (χ3v) is 3.23. The van der Waals surface area contributed by atoms with Crippen molar-refractivity contribution in [3.63, 3.8) is 0 Å². The smallest absolute Gasteiger partial charge is 0.113 e. The van der Waals surface area contributed by atoms with Crippen LogP contribution in [-0.4, -0.2) is 27.7 Å². The molecule has 1 heterocycles. The number of hydrogen-bond donors (Lipinski definition) is 0. The van der Waals surface area contributed by atoms with Crippen LogP contribution in [-0.2, 0) is 11.3 Å². The van der Waals surface area contributed by atoms with Gasteiger partial charge in [0.2, 0.25) is 0 Å². The van der Waals surface area contributed by atoms with E-state index in [0.29, 0.717) is 6.54 Å². The first-order valence-corrected chi connectivity index (χ1v) is 6.14. The summed E-state index contributed by atoms with van der Waals surface area (Å²) in [6, 6.07) is 6.10. The van der Waals surface area contributed by atoms with Gasteiger partial charge in [-0.1, -0.05) is 5.21 Å². The highest BCUT2D eigenvalue weighted by atomic mass is 127. The predicted molar refractivity (Wildman–Crippen MR) is 71.3 cm³/mol. The van der Waals surface area contributed by atoms with Crippen molar-refractivity contribution in [2.45, 2.75) is 26.0 Å². The quantitative estimate of drug-likeness (QED) is 0.811. The third-order valence-electron chi connectivity index (χ3n) is 2.56. The first-order valence-electron chi connectivity index (χ1n) is 5.06. The number of rotatable bonds is 3. The number of halogens is 1. The van der Waals surface area contributed by atoms with E-state index in [1.807, 2.05) is 30.7 Å². The Hall–Kier alpha value is -0.690. The fourth-order valence-electron chi connectivity index (χ4n) is 1.48. The Balaban J connectivity index is 2.41. The molecule has 0 unspecified atom stereocenters. The molecule has 16 heavy (non-hydrogen) atoms. The third kappa shape index (κ3) is 2.35. The summed E-state index contributed by atoms with van der Waals surface area (Å²) in [6.45, 7) is 4.77. The number of aromatic nitrogens is 3. The molecule has 1 aromatic carbocycles. The molecule has 0 atom stereocenters. The number of fused-ring (bicyclic) bond motifs is 1. The minimum Gasteiger partial charge on any atom is -0.377 e. The lowest BCUT2D eigenvalue weighted by Crippen LogP contribution is -2.29. The highest BCUT2D eigenvalue weighted by Gasteiger charge is 2.19. The summed E-state index contributed by atoms with van der Waals surface area (Å²) in [5, 5.41) is 8.29. The van der Waals surface area contributed by atoms with Crippen LogP contribution in [0.3, 0.4) is 0 Å². The van der Waals surface area contributed by atoms with Crippen molar-refractivity contribution >= 4 is 33.6 Å². The maximum atomic E-state index is 5.40. The molecule has 4 nitrogen and oxygen atoms in total. The predicted octanol–water partition coefficient (Wildman–Crippen LogP) is 2.46. The van der Waals surface area contributed by atoms with Crippen LogP contribution in [0.1, 0.15) is 13.8 Å². The molecule has 0 saturated heterocycles. The summed E-state index contributed by atoms with van der Waals surface area (Å²) in [6.07, 6.45) is 0. The molecule has 0 fully saturated rings. The van der Waals surface area contributed by atoms with E-state index < -0.39 is 0 Å². The molecule has 0 aliphatic carbocycles. The molecule has 0 bridgehead atoms. The molecule has 0 aliphatic rings. The van der Waals surface area contributed by atoms with Crippen molar-refractivity contribution in [1.82, 2.24) is 15.0 Å². The number of methoxy groups -OCH3 is 1. The maximum Gasteiger partial charge on any atom is 0.113 e. The van der Waals surface area contributed by atoms with E-state index in [1.54, 1.807) is 7.11 Å². The molecule has 0 N–H and O–H groups in total. The van der Waals surface area contributed by atoms with Crippen molar-refractivity contribution in [3.05, 3.63) is 21.8 Å². The van der Waals surface area contributed by atoms with Gasteiger partial charge in [-0.05, 0) is 54.6 Å². The Kier molecular flexibility index (Phi) is 3.16. The molecule has 0 radical (unpaired) electrons. The van der Waals surface area contributed by atoms with Gasteiger partial charge < -0.3 is 4.74 Å². The van der Waals surface area contributed by atoms with Gasteiger partial charge in [0.05, 0.1) is 17.7 Å². The van der Waals surface area contributed by atoms with E-state index in [-0.39, 0.29) is 5.60 Å². The zero-order valence-electron chi connectivity index (χ0n) is 9.57. The van der Waals surface area contributed by atoms with Crippen molar-refractivity contribution < 1.29 is 4.74 Å². The van der Waals surface area contributed by atoms with Crippen LogP contribution in [0.4, 0.5) is 0 Å². The second-order valence-electron chi connectivity index (χ2n) is 4.34. The topological polar surface area (TPSA) is 39.9 Å². The fourth-order valence-corrected chi connectivity index (χ4v) is 1.96. The minimum absolute atomic E-state index is 0.234. The molecule has 0 spiro atoms. The van der Waals surface area contributed by atoms with Crippen LogP contribution in [0.15, 0.2) is 18.2 Å². The van der Waals surface area contributed by atoms with Crippen LogP contribution in [0.2, 0.25) is 0 Å². The Morgan fingerprint density at radius 3 is 2.88 bits per heavy atom. The highest BCUT2D eigenvalue weighted by Crippen LogP contribution is 2.18. The van der Waals surface area contributed by atoms with Gasteiger partial charge in [-0.3, -0.25) is 0 Å². The van der Waals surface area contributed by atoms with E-state index in [9.17, 15) is 0 Å². The molecule has 0 saturated carbocycles. The lowest BCUT2D eigenvalue weighted by Gasteiger charge is -2.22. The number of benzene rings is 1. The lowest BCUT2D eigenvalue weighted by molar-refractivity contribution is 0.00601. The van der Waals surface area contributed by atoms with Gasteiger partial charge in [0.15, 0.2) is 0 Å². The lowest BCUT2D eigenvalue weighted by atomic mass is 10.1. The van der Waals surface area contributed by atoms with Crippen LogP contribution < -0.4 is 0 Å². The second-order valence-corrected chi connectivity index (χ2v) is 5.59. The monoisotopic (exact) mass is 331 g/mol. The van der Waals surface area contributed by atoms with Crippen molar-refractivity contribution in [2.24, 2.45) is 0 Å². The summed E-state index contributed by atoms with van der Waals surface area (Å²) in [5.74, 6) is 0. The molecule has 0 amide bonds. The average Bonchev–Trinajstić information content (AvgIpc) is 2.61. The number of ether oxygens (including phenoxy) is 1. The van der Waals surface area contributed by atoms with E-state index in [0.717, 1.165) is 11.0 Å². The molecular formula is C11H14IN3O. The largest absolute Gasteiger partial charge is 0.377 e. The molecule has 0 aliphatic heterocycles. The highest BCUT2D eigenvalue weighted by molar-refractivity contribution is 14.1. The number of nitrogens with zero attached hydrogens (tertiary/aromatic N) is 3. The van der Waals surface area contributed by atoms with Crippen LogP contribution in [0, 0.1) is 3.57 Å². The van der Waals surface area contributed by atoms with Gasteiger partial charge in [0.1, 0.15) is 5.52 Å². The maximum absolute atomic E-state index is 5.40. The molecule has 5 heteroatoms. The second kappa shape index (κ2) is 4.29. The summed E-state index contributed by atoms with van der Waals surface area (Å²) in [4.78, 5) is 0. The summed E-state index contributed by atoms with van der Waals surface area (Å²) >= 11 is 2.29. The first kappa shape index (κ1) is 11.8. The first-order chi connectivity index (χ1) is 7.52. The van der Waals surface area contributed by atoms with Crippen LogP contribution in [0.25, 0.3) is 11.0 Å². The van der Waals surface area contributed by atoms with E-state index in [4.69, 9.17) is 4.74 Å². The summed E-state index contributed by atoms with van der Waals surface area (Å²) in [7, 11) is 1.71. The zero-order chi connectivity index (χ0) is 11.8. The standard InChI is InChI=1S/C11H14IN3O/c1-11(2,16-3)7-15-10-6-8(12)4-5-9(10)13-14-15/h4-6H,7H2,1-3H3. The zero-order valence-corrected chi connectivity index (χ0v) is 11.7. The van der Waals surface area contributed by atoms with E-state index in [2.05, 4.69) is 39.0 Å². The van der Waals surface area contributed by atoms with Gasteiger partial charge in [0, 0.05) is 10.7 Å². The fraction of sp³-hybridized carbons (Fsp3) is 0.455. The molecular weight excluding hydrogens is 317 g/mol. The van der Waals surface area contributed by atoms with Crippen molar-refractivity contribution in [3.8, 4) is 0 Å². The Labute approximate surface area is 108 Å². The molecule has 86 valence electrons. The van der Waals surface area contributed by atoms with Crippen molar-refractivity contribution in [2.75, 3.05) is 7.11 Å². The normalized spacial score (nSPS) is 12.2. The van der Waals surface area contributed by atoms with E-state index >= 15 is 0 Å². The van der Waals surface area contributed by atoms with Crippen molar-refractivity contribution in [1.29, 1.82) is 0 Å². The molecule has 2 rings (SSSR count). The van der Waals surface area contributed by atoms with Gasteiger partial charge in [-0.25, -0.2) is 4.68 Å². The average molecular weight is 331 g/mol. The Morgan fingerprint density at radius 2 is 2.19 bits per heavy atom. The Morgan fingerprint density at radius 1 is 1.44 bits per heavy atom. The van der Waals surface area contributed by atoms with Crippen LogP contribution >= 0.6 is 22.6 Å². The number of hydrogen-bond acceptors (Lipinski definition) is 3. The van der Waals surface area contributed by atoms with Gasteiger partial charge in [-0.2, -0.15) is 0 Å².